The smallest absolute Gasteiger partial charge is 0.322 e. The SMILES string of the molecule is NC(=O)CCC(NC(=O)C(CS)NC(=O)C(N)CCC(=O)O)C(=O)NCC(=O)O. The quantitative estimate of drug-likeness (QED) is 0.127. The highest BCUT2D eigenvalue weighted by molar-refractivity contribution is 7.80. The van der Waals surface area contributed by atoms with Crippen molar-refractivity contribution in [2.24, 2.45) is 11.5 Å². The zero-order chi connectivity index (χ0) is 22.6. The third kappa shape index (κ3) is 11.5. The summed E-state index contributed by atoms with van der Waals surface area (Å²) < 4.78 is 0. The van der Waals surface area contributed by atoms with E-state index in [1.807, 2.05) is 0 Å². The molecular formula is C15H25N5O8S. The zero-order valence-electron chi connectivity index (χ0n) is 15.4. The summed E-state index contributed by atoms with van der Waals surface area (Å²) in [5.74, 6) is -5.84. The van der Waals surface area contributed by atoms with Crippen LogP contribution in [0, 0.1) is 0 Å². The van der Waals surface area contributed by atoms with E-state index in [-0.39, 0.29) is 31.4 Å². The van der Waals surface area contributed by atoms with Crippen molar-refractivity contribution in [3.63, 3.8) is 0 Å². The number of amides is 4. The van der Waals surface area contributed by atoms with Crippen LogP contribution >= 0.6 is 12.6 Å². The zero-order valence-corrected chi connectivity index (χ0v) is 16.3. The number of carbonyl (C=O) groups is 6. The average Bonchev–Trinajstić information content (AvgIpc) is 2.64. The monoisotopic (exact) mass is 435 g/mol. The molecule has 14 heteroatoms. The summed E-state index contributed by atoms with van der Waals surface area (Å²) in [5, 5.41) is 23.9. The third-order valence-corrected chi connectivity index (χ3v) is 3.91. The Kier molecular flexibility index (Phi) is 12.0. The van der Waals surface area contributed by atoms with Gasteiger partial charge in [0, 0.05) is 18.6 Å². The Morgan fingerprint density at radius 2 is 1.41 bits per heavy atom. The van der Waals surface area contributed by atoms with Gasteiger partial charge in [-0.15, -0.1) is 0 Å². The van der Waals surface area contributed by atoms with Crippen LogP contribution in [-0.4, -0.2) is 76.2 Å². The van der Waals surface area contributed by atoms with Crippen molar-refractivity contribution in [1.82, 2.24) is 16.0 Å². The standard InChI is InChI=1S/C15H25N5O8S/c16-7(1-4-11(22)23)13(26)20-9(6-29)15(28)19-8(2-3-10(17)21)14(27)18-5-12(24)25/h7-9,29H,1-6,16H2,(H2,17,21)(H,18,27)(H,19,28)(H,20,26)(H,22,23)(H,24,25). The van der Waals surface area contributed by atoms with Crippen LogP contribution in [-0.2, 0) is 28.8 Å². The van der Waals surface area contributed by atoms with Crippen LogP contribution in [0.1, 0.15) is 25.7 Å². The molecule has 3 unspecified atom stereocenters. The first kappa shape index (κ1) is 26.1. The molecule has 0 aliphatic carbocycles. The molecule has 0 saturated carbocycles. The number of carboxylic acids is 2. The highest BCUT2D eigenvalue weighted by Gasteiger charge is 2.28. The Morgan fingerprint density at radius 3 is 1.90 bits per heavy atom. The van der Waals surface area contributed by atoms with Crippen molar-refractivity contribution in [2.45, 2.75) is 43.8 Å². The molecule has 0 radical (unpaired) electrons. The van der Waals surface area contributed by atoms with Gasteiger partial charge < -0.3 is 37.6 Å². The first-order chi connectivity index (χ1) is 13.5. The number of rotatable bonds is 14. The molecule has 0 aliphatic rings. The van der Waals surface area contributed by atoms with Crippen LogP contribution in [0.3, 0.4) is 0 Å². The van der Waals surface area contributed by atoms with Crippen molar-refractivity contribution in [2.75, 3.05) is 12.3 Å². The lowest BCUT2D eigenvalue weighted by molar-refractivity contribution is -0.139. The molecule has 0 aromatic rings. The lowest BCUT2D eigenvalue weighted by Crippen LogP contribution is -2.56. The largest absolute Gasteiger partial charge is 0.481 e. The normalized spacial score (nSPS) is 13.4. The van der Waals surface area contributed by atoms with E-state index in [0.717, 1.165) is 0 Å². The Hall–Kier alpha value is -2.87. The number of hydrogen-bond acceptors (Lipinski definition) is 8. The highest BCUT2D eigenvalue weighted by Crippen LogP contribution is 2.01. The van der Waals surface area contributed by atoms with E-state index in [0.29, 0.717) is 0 Å². The number of carbonyl (C=O) groups excluding carboxylic acids is 4. The fourth-order valence-electron chi connectivity index (χ4n) is 2.00. The van der Waals surface area contributed by atoms with E-state index in [4.69, 9.17) is 21.7 Å². The minimum absolute atomic E-state index is 0.152. The first-order valence-electron chi connectivity index (χ1n) is 8.44. The van der Waals surface area contributed by atoms with Gasteiger partial charge in [0.15, 0.2) is 0 Å². The number of aliphatic carboxylic acids is 2. The number of thiol groups is 1. The Bertz CT molecular complexity index is 644. The van der Waals surface area contributed by atoms with Crippen LogP contribution in [0.15, 0.2) is 0 Å². The lowest BCUT2D eigenvalue weighted by Gasteiger charge is -2.23. The molecule has 29 heavy (non-hydrogen) atoms. The molecule has 0 spiro atoms. The summed E-state index contributed by atoms with van der Waals surface area (Å²) in [7, 11) is 0. The van der Waals surface area contributed by atoms with Gasteiger partial charge in [0.1, 0.15) is 18.6 Å². The molecule has 9 N–H and O–H groups in total. The number of nitrogens with two attached hydrogens (primary N) is 2. The van der Waals surface area contributed by atoms with Gasteiger partial charge in [-0.25, -0.2) is 0 Å². The summed E-state index contributed by atoms with van der Waals surface area (Å²) in [5.41, 5.74) is 10.6. The summed E-state index contributed by atoms with van der Waals surface area (Å²) in [6.45, 7) is -0.701. The fraction of sp³-hybridized carbons (Fsp3) is 0.600. The maximum Gasteiger partial charge on any atom is 0.322 e. The summed E-state index contributed by atoms with van der Waals surface area (Å²) in [6.07, 6.45) is -0.951. The van der Waals surface area contributed by atoms with E-state index in [9.17, 15) is 28.8 Å². The summed E-state index contributed by atoms with van der Waals surface area (Å²) in [6, 6.07) is -3.68. The van der Waals surface area contributed by atoms with E-state index >= 15 is 0 Å². The Morgan fingerprint density at radius 1 is 0.828 bits per heavy atom. The fourth-order valence-corrected chi connectivity index (χ4v) is 2.25. The minimum atomic E-state index is -1.31. The molecule has 4 amide bonds. The molecule has 3 atom stereocenters. The van der Waals surface area contributed by atoms with Gasteiger partial charge in [-0.3, -0.25) is 28.8 Å². The number of hydrogen-bond donors (Lipinski definition) is 8. The minimum Gasteiger partial charge on any atom is -0.481 e. The molecule has 0 bridgehead atoms. The van der Waals surface area contributed by atoms with Crippen LogP contribution in [0.5, 0.6) is 0 Å². The maximum atomic E-state index is 12.4. The van der Waals surface area contributed by atoms with Crippen molar-refractivity contribution in [3.8, 4) is 0 Å². The second kappa shape index (κ2) is 13.3. The molecule has 13 nitrogen and oxygen atoms in total. The van der Waals surface area contributed by atoms with Gasteiger partial charge in [0.25, 0.3) is 0 Å². The predicted octanol–water partition coefficient (Wildman–Crippen LogP) is -3.46. The molecule has 0 aromatic carbocycles. The van der Waals surface area contributed by atoms with E-state index in [2.05, 4.69) is 28.6 Å². The molecule has 0 rings (SSSR count). The van der Waals surface area contributed by atoms with Gasteiger partial charge in [-0.2, -0.15) is 12.6 Å². The predicted molar refractivity (Wildman–Crippen MR) is 102 cm³/mol. The first-order valence-corrected chi connectivity index (χ1v) is 9.07. The number of primary amides is 1. The van der Waals surface area contributed by atoms with Crippen LogP contribution in [0.2, 0.25) is 0 Å². The second-order valence-corrected chi connectivity index (χ2v) is 6.33. The number of nitrogens with one attached hydrogen (secondary N) is 3. The van der Waals surface area contributed by atoms with Gasteiger partial charge in [0.05, 0.1) is 6.04 Å². The lowest BCUT2D eigenvalue weighted by atomic mass is 10.1. The van der Waals surface area contributed by atoms with Gasteiger partial charge in [-0.1, -0.05) is 0 Å². The molecule has 0 aliphatic heterocycles. The van der Waals surface area contributed by atoms with Crippen molar-refractivity contribution >= 4 is 48.2 Å². The Balaban J connectivity index is 4.99. The molecular weight excluding hydrogens is 410 g/mol. The molecule has 0 fully saturated rings. The Labute approximate surface area is 171 Å². The van der Waals surface area contributed by atoms with E-state index < -0.39 is 60.2 Å². The molecule has 0 heterocycles. The van der Waals surface area contributed by atoms with Crippen LogP contribution in [0.25, 0.3) is 0 Å². The van der Waals surface area contributed by atoms with Crippen molar-refractivity contribution in [1.29, 1.82) is 0 Å². The van der Waals surface area contributed by atoms with Crippen LogP contribution < -0.4 is 27.4 Å². The summed E-state index contributed by atoms with van der Waals surface area (Å²) in [4.78, 5) is 68.5. The van der Waals surface area contributed by atoms with Crippen molar-refractivity contribution in [3.05, 3.63) is 0 Å². The highest BCUT2D eigenvalue weighted by atomic mass is 32.1. The molecule has 164 valence electrons. The third-order valence-electron chi connectivity index (χ3n) is 3.55. The maximum absolute atomic E-state index is 12.4. The van der Waals surface area contributed by atoms with Gasteiger partial charge in [-0.05, 0) is 12.8 Å². The molecule has 0 aromatic heterocycles. The van der Waals surface area contributed by atoms with Crippen molar-refractivity contribution < 1.29 is 39.0 Å². The van der Waals surface area contributed by atoms with Crippen LogP contribution in [0.4, 0.5) is 0 Å². The van der Waals surface area contributed by atoms with Gasteiger partial charge in [0.2, 0.25) is 23.6 Å². The second-order valence-electron chi connectivity index (χ2n) is 5.96. The number of carboxylic acid groups (broad SMARTS) is 2. The average molecular weight is 435 g/mol. The van der Waals surface area contributed by atoms with E-state index in [1.54, 1.807) is 0 Å². The molecule has 0 saturated heterocycles. The topological polar surface area (TPSA) is 231 Å². The summed E-state index contributed by atoms with van der Waals surface area (Å²) >= 11 is 3.95. The van der Waals surface area contributed by atoms with Gasteiger partial charge >= 0.3 is 11.9 Å². The van der Waals surface area contributed by atoms with E-state index in [1.165, 1.54) is 0 Å².